The molecule has 0 saturated heterocycles. The minimum atomic E-state index is -4.76. The number of fused-ring (bicyclic) bond motifs is 2. The van der Waals surface area contributed by atoms with Gasteiger partial charge in [0.15, 0.2) is 0 Å². The molecule has 0 fully saturated rings. The fourth-order valence-corrected chi connectivity index (χ4v) is 4.31. The van der Waals surface area contributed by atoms with Gasteiger partial charge in [-0.1, -0.05) is 0 Å². The van der Waals surface area contributed by atoms with E-state index in [4.69, 9.17) is 0 Å². The summed E-state index contributed by atoms with van der Waals surface area (Å²) in [4.78, 5) is -1.13. The van der Waals surface area contributed by atoms with Crippen LogP contribution in [0.1, 0.15) is 0 Å². The number of aromatic hydroxyl groups is 2. The van der Waals surface area contributed by atoms with Gasteiger partial charge in [0.05, 0.1) is 9.79 Å². The molecule has 4 rings (SSSR count). The van der Waals surface area contributed by atoms with Crippen LogP contribution >= 0.6 is 0 Å². The molecule has 33 heavy (non-hydrogen) atoms. The van der Waals surface area contributed by atoms with Crippen LogP contribution < -0.4 is 64.4 Å². The van der Waals surface area contributed by atoms with Gasteiger partial charge in [-0.15, -0.1) is 0 Å². The summed E-state index contributed by atoms with van der Waals surface area (Å²) in [6.07, 6.45) is 0. The van der Waals surface area contributed by atoms with E-state index >= 15 is 0 Å². The van der Waals surface area contributed by atoms with Crippen LogP contribution in [-0.2, 0) is 20.2 Å². The normalized spacial score (nSPS) is 11.6. The van der Waals surface area contributed by atoms with E-state index in [1.54, 1.807) is 12.1 Å². The summed E-state index contributed by atoms with van der Waals surface area (Å²) < 4.78 is 67.7. The van der Waals surface area contributed by atoms with E-state index in [2.05, 4.69) is 5.32 Å². The zero-order valence-corrected chi connectivity index (χ0v) is 23.1. The molecule has 3 N–H and O–H groups in total. The third-order valence-corrected chi connectivity index (χ3v) is 6.30. The molecule has 0 aliphatic rings. The molecule has 0 atom stereocenters. The predicted molar refractivity (Wildman–Crippen MR) is 110 cm³/mol. The first-order valence-corrected chi connectivity index (χ1v) is 11.5. The fourth-order valence-electron chi connectivity index (χ4n) is 3.26. The number of hydrogen-bond donors (Lipinski definition) is 3. The van der Waals surface area contributed by atoms with Crippen molar-refractivity contribution in [2.75, 3.05) is 5.32 Å². The zero-order valence-electron chi connectivity index (χ0n) is 17.4. The second kappa shape index (κ2) is 10.1. The molecule has 0 radical (unpaired) electrons. The number of anilines is 2. The van der Waals surface area contributed by atoms with Gasteiger partial charge in [0.2, 0.25) is 0 Å². The Labute approximate surface area is 233 Å². The van der Waals surface area contributed by atoms with Gasteiger partial charge in [-0.05, 0) is 71.4 Å². The van der Waals surface area contributed by atoms with E-state index in [1.165, 1.54) is 24.3 Å². The maximum absolute atomic E-state index is 11.3. The van der Waals surface area contributed by atoms with E-state index in [1.807, 2.05) is 0 Å². The molecule has 0 aliphatic heterocycles. The third-order valence-electron chi connectivity index (χ3n) is 4.67. The Morgan fingerprint density at radius 2 is 0.970 bits per heavy atom. The summed E-state index contributed by atoms with van der Waals surface area (Å²) in [5.41, 5.74) is 0.951. The Bertz CT molecular complexity index is 1470. The molecular weight excluding hydrogens is 492 g/mol. The van der Waals surface area contributed by atoms with Crippen molar-refractivity contribution in [1.29, 1.82) is 0 Å². The summed E-state index contributed by atoms with van der Waals surface area (Å²) in [7, 11) is -9.52. The third kappa shape index (κ3) is 6.01. The van der Waals surface area contributed by atoms with Crippen LogP contribution in [0.3, 0.4) is 0 Å². The topological polar surface area (TPSA) is 167 Å². The largest absolute Gasteiger partial charge is 1.00 e. The molecule has 0 amide bonds. The summed E-state index contributed by atoms with van der Waals surface area (Å²) >= 11 is 0. The molecule has 0 aliphatic carbocycles. The number of phenolic OH excluding ortho intramolecular Hbond substituents is 2. The van der Waals surface area contributed by atoms with Crippen LogP contribution in [0.5, 0.6) is 11.5 Å². The van der Waals surface area contributed by atoms with Gasteiger partial charge in [-0.25, -0.2) is 16.8 Å². The zero-order chi connectivity index (χ0) is 22.6. The quantitative estimate of drug-likeness (QED) is 0.193. The molecule has 13 heteroatoms. The first-order valence-electron chi connectivity index (χ1n) is 8.64. The monoisotopic (exact) mass is 505 g/mol. The second-order valence-corrected chi connectivity index (χ2v) is 9.55. The Hall–Kier alpha value is -1.38. The van der Waals surface area contributed by atoms with Crippen LogP contribution in [0.25, 0.3) is 21.5 Å². The van der Waals surface area contributed by atoms with Gasteiger partial charge in [-0.2, -0.15) is 0 Å². The minimum absolute atomic E-state index is 0. The van der Waals surface area contributed by atoms with Gasteiger partial charge in [-0.3, -0.25) is 0 Å². The van der Waals surface area contributed by atoms with E-state index < -0.39 is 30.0 Å². The molecule has 0 heterocycles. The predicted octanol–water partition coefficient (Wildman–Crippen LogP) is -3.04. The number of benzene rings is 4. The fraction of sp³-hybridized carbons (Fsp3) is 0. The van der Waals surface area contributed by atoms with Crippen molar-refractivity contribution < 1.29 is 95.3 Å². The first-order chi connectivity index (χ1) is 14.4. The van der Waals surface area contributed by atoms with Crippen molar-refractivity contribution in [3.05, 3.63) is 60.7 Å². The van der Waals surface area contributed by atoms with Gasteiger partial charge in [0.25, 0.3) is 0 Å². The van der Waals surface area contributed by atoms with E-state index in [9.17, 15) is 36.2 Å². The maximum Gasteiger partial charge on any atom is 1.00 e. The standard InChI is InChI=1S/C20H15NO8S2.2Na/c22-19-9-15(30(24,25)26)7-11-5-13(1-3-17(11)19)21-14-2-4-18-12(6-14)8-16(10-20(18)23)31(27,28)29;;/h1-10,21-23H,(H,24,25,26)(H,27,28,29);;/q;2*+1/p-2. The van der Waals surface area contributed by atoms with Gasteiger partial charge < -0.3 is 24.6 Å². The van der Waals surface area contributed by atoms with E-state index in [-0.39, 0.29) is 70.6 Å². The number of nitrogens with one attached hydrogen (secondary N) is 1. The molecule has 0 saturated carbocycles. The molecule has 0 spiro atoms. The SMILES string of the molecule is O=S(=O)([O-])c1cc(O)c2ccc(Nc3ccc4c(O)cc(S(=O)(=O)[O-])cc4c3)cc2c1.[Na+].[Na+]. The van der Waals surface area contributed by atoms with Gasteiger partial charge >= 0.3 is 59.1 Å². The van der Waals surface area contributed by atoms with Gasteiger partial charge in [0.1, 0.15) is 31.7 Å². The average Bonchev–Trinajstić information content (AvgIpc) is 2.66. The Morgan fingerprint density at radius 3 is 1.30 bits per heavy atom. The molecule has 4 aromatic carbocycles. The number of rotatable bonds is 4. The molecule has 0 unspecified atom stereocenters. The molecule has 4 aromatic rings. The average molecular weight is 505 g/mol. The van der Waals surface area contributed by atoms with E-state index in [0.29, 0.717) is 32.9 Å². The number of hydrogen-bond acceptors (Lipinski definition) is 9. The molecule has 9 nitrogen and oxygen atoms in total. The smallest absolute Gasteiger partial charge is 0.744 e. The summed E-state index contributed by atoms with van der Waals surface area (Å²) in [5, 5.41) is 24.3. The van der Waals surface area contributed by atoms with E-state index in [0.717, 1.165) is 24.3 Å². The minimum Gasteiger partial charge on any atom is -0.744 e. The maximum atomic E-state index is 11.3. The Balaban J connectivity index is 0.00000193. The van der Waals surface area contributed by atoms with Crippen molar-refractivity contribution >= 4 is 53.2 Å². The van der Waals surface area contributed by atoms with Crippen LogP contribution in [0, 0.1) is 0 Å². The van der Waals surface area contributed by atoms with Gasteiger partial charge in [0, 0.05) is 22.1 Å². The Morgan fingerprint density at radius 1 is 0.606 bits per heavy atom. The van der Waals surface area contributed by atoms with Crippen LogP contribution in [-0.4, -0.2) is 36.2 Å². The van der Waals surface area contributed by atoms with Crippen molar-refractivity contribution in [3.63, 3.8) is 0 Å². The summed E-state index contributed by atoms with van der Waals surface area (Å²) in [6.45, 7) is 0. The van der Waals surface area contributed by atoms with Crippen LogP contribution in [0.15, 0.2) is 70.5 Å². The second-order valence-electron chi connectivity index (χ2n) is 6.79. The molecule has 0 bridgehead atoms. The van der Waals surface area contributed by atoms with Crippen LogP contribution in [0.4, 0.5) is 11.4 Å². The molecule has 0 aromatic heterocycles. The number of phenols is 2. The van der Waals surface area contributed by atoms with Crippen molar-refractivity contribution in [2.45, 2.75) is 9.79 Å². The molecule has 160 valence electrons. The van der Waals surface area contributed by atoms with Crippen molar-refractivity contribution in [3.8, 4) is 11.5 Å². The summed E-state index contributed by atoms with van der Waals surface area (Å²) in [6, 6.07) is 13.4. The first kappa shape index (κ1) is 27.9. The van der Waals surface area contributed by atoms with Crippen LogP contribution in [0.2, 0.25) is 0 Å². The summed E-state index contributed by atoms with van der Waals surface area (Å²) in [5.74, 6) is -0.711. The Kier molecular flexibility index (Phi) is 8.51. The van der Waals surface area contributed by atoms with Crippen molar-refractivity contribution in [1.82, 2.24) is 0 Å². The molecular formula is C20H13NNa2O8S2. The van der Waals surface area contributed by atoms with Crippen molar-refractivity contribution in [2.24, 2.45) is 0 Å².